The van der Waals surface area contributed by atoms with Gasteiger partial charge in [0.05, 0.1) is 11.0 Å². The Labute approximate surface area is 85.5 Å². The van der Waals surface area contributed by atoms with Crippen LogP contribution in [0, 0.1) is 0 Å². The van der Waals surface area contributed by atoms with Gasteiger partial charge < -0.3 is 4.98 Å². The van der Waals surface area contributed by atoms with Gasteiger partial charge in [0.1, 0.15) is 0 Å². The lowest BCUT2D eigenvalue weighted by Crippen LogP contribution is -1.92. The monoisotopic (exact) mass is 238 g/mol. The van der Waals surface area contributed by atoms with Crippen molar-refractivity contribution < 1.29 is 0 Å². The van der Waals surface area contributed by atoms with Crippen molar-refractivity contribution in [3.63, 3.8) is 0 Å². The number of halogens is 1. The number of H-pyrrole nitrogens is 1. The van der Waals surface area contributed by atoms with Gasteiger partial charge in [-0.3, -0.25) is 4.98 Å². The first-order valence-corrected chi connectivity index (χ1v) is 5.11. The molecule has 0 bridgehead atoms. The van der Waals surface area contributed by atoms with Crippen LogP contribution in [-0.4, -0.2) is 9.97 Å². The summed E-state index contributed by atoms with van der Waals surface area (Å²) in [7, 11) is 0. The summed E-state index contributed by atoms with van der Waals surface area (Å²) in [6.07, 6.45) is 1.91. The van der Waals surface area contributed by atoms with Gasteiger partial charge in [-0.05, 0) is 34.0 Å². The second-order valence-corrected chi connectivity index (χ2v) is 4.28. The number of hydrogen-bond donors (Lipinski definition) is 1. The maximum absolute atomic E-state index is 4.53. The maximum Gasteiger partial charge on any atom is 0.0893 e. The van der Waals surface area contributed by atoms with Gasteiger partial charge in [-0.15, -0.1) is 0 Å². The number of aromatic amines is 1. The van der Waals surface area contributed by atoms with Crippen LogP contribution in [0.3, 0.4) is 0 Å². The third kappa shape index (κ3) is 1.48. The Morgan fingerprint density at radius 1 is 1.46 bits per heavy atom. The van der Waals surface area contributed by atoms with Gasteiger partial charge in [0.2, 0.25) is 0 Å². The van der Waals surface area contributed by atoms with Crippen molar-refractivity contribution in [1.82, 2.24) is 9.97 Å². The Morgan fingerprint density at radius 3 is 2.92 bits per heavy atom. The highest BCUT2D eigenvalue weighted by Crippen LogP contribution is 2.25. The minimum absolute atomic E-state index is 0.468. The molecule has 2 aromatic rings. The normalized spacial score (nSPS) is 11.4. The standard InChI is InChI=1S/C10H11BrN2/c1-6(2)9-5-7(11)10-8(13-9)3-4-12-10/h3-6,12H,1-2H3. The second-order valence-electron chi connectivity index (χ2n) is 3.42. The second kappa shape index (κ2) is 3.14. The summed E-state index contributed by atoms with van der Waals surface area (Å²) < 4.78 is 1.09. The van der Waals surface area contributed by atoms with Crippen molar-refractivity contribution in [3.8, 4) is 0 Å². The van der Waals surface area contributed by atoms with E-state index in [1.165, 1.54) is 0 Å². The lowest BCUT2D eigenvalue weighted by molar-refractivity contribution is 0.829. The highest BCUT2D eigenvalue weighted by atomic mass is 79.9. The fraction of sp³-hybridized carbons (Fsp3) is 0.300. The third-order valence-corrected chi connectivity index (χ3v) is 2.70. The molecule has 0 saturated heterocycles. The fourth-order valence-corrected chi connectivity index (χ4v) is 1.87. The van der Waals surface area contributed by atoms with E-state index in [-0.39, 0.29) is 0 Å². The first-order valence-electron chi connectivity index (χ1n) is 4.32. The van der Waals surface area contributed by atoms with E-state index < -0.39 is 0 Å². The zero-order chi connectivity index (χ0) is 9.42. The molecular weight excluding hydrogens is 228 g/mol. The number of hydrogen-bond acceptors (Lipinski definition) is 1. The Hall–Kier alpha value is -0.830. The largest absolute Gasteiger partial charge is 0.359 e. The predicted molar refractivity (Wildman–Crippen MR) is 57.9 cm³/mol. The molecule has 2 nitrogen and oxygen atoms in total. The summed E-state index contributed by atoms with van der Waals surface area (Å²) in [4.78, 5) is 7.68. The van der Waals surface area contributed by atoms with Gasteiger partial charge >= 0.3 is 0 Å². The van der Waals surface area contributed by atoms with E-state index in [0.717, 1.165) is 21.2 Å². The molecule has 0 aromatic carbocycles. The quantitative estimate of drug-likeness (QED) is 0.811. The minimum atomic E-state index is 0.468. The topological polar surface area (TPSA) is 28.7 Å². The molecule has 0 aliphatic rings. The van der Waals surface area contributed by atoms with Crippen LogP contribution < -0.4 is 0 Å². The molecule has 2 heterocycles. The van der Waals surface area contributed by atoms with E-state index in [9.17, 15) is 0 Å². The van der Waals surface area contributed by atoms with E-state index >= 15 is 0 Å². The maximum atomic E-state index is 4.53. The van der Waals surface area contributed by atoms with Crippen LogP contribution in [0.4, 0.5) is 0 Å². The van der Waals surface area contributed by atoms with Crippen LogP contribution in [0.1, 0.15) is 25.5 Å². The van der Waals surface area contributed by atoms with Crippen molar-refractivity contribution in [2.24, 2.45) is 0 Å². The molecule has 0 aliphatic carbocycles. The molecule has 0 unspecified atom stereocenters. The van der Waals surface area contributed by atoms with Crippen molar-refractivity contribution in [3.05, 3.63) is 28.5 Å². The highest BCUT2D eigenvalue weighted by Gasteiger charge is 2.06. The zero-order valence-electron chi connectivity index (χ0n) is 7.63. The van der Waals surface area contributed by atoms with Crippen molar-refractivity contribution in [2.75, 3.05) is 0 Å². The molecule has 1 N–H and O–H groups in total. The minimum Gasteiger partial charge on any atom is -0.359 e. The lowest BCUT2D eigenvalue weighted by atomic mass is 10.1. The van der Waals surface area contributed by atoms with E-state index in [2.05, 4.69) is 45.8 Å². The first-order chi connectivity index (χ1) is 6.18. The Kier molecular flexibility index (Phi) is 2.12. The number of rotatable bonds is 1. The number of pyridine rings is 1. The van der Waals surface area contributed by atoms with Crippen LogP contribution in [0.25, 0.3) is 11.0 Å². The van der Waals surface area contributed by atoms with Crippen LogP contribution in [0.5, 0.6) is 0 Å². The van der Waals surface area contributed by atoms with Gasteiger partial charge in [0, 0.05) is 16.4 Å². The molecule has 3 heteroatoms. The summed E-state index contributed by atoms with van der Waals surface area (Å²) in [5.74, 6) is 0.468. The number of nitrogens with one attached hydrogen (secondary N) is 1. The summed E-state index contributed by atoms with van der Waals surface area (Å²) in [6, 6.07) is 4.06. The molecule has 0 spiro atoms. The molecule has 0 amide bonds. The molecule has 0 fully saturated rings. The summed E-state index contributed by atoms with van der Waals surface area (Å²) in [6.45, 7) is 4.29. The molecule has 0 atom stereocenters. The molecule has 0 aliphatic heterocycles. The van der Waals surface area contributed by atoms with E-state index in [1.807, 2.05) is 12.3 Å². The molecule has 0 radical (unpaired) electrons. The number of fused-ring (bicyclic) bond motifs is 1. The van der Waals surface area contributed by atoms with Gasteiger partial charge in [0.15, 0.2) is 0 Å². The van der Waals surface area contributed by atoms with Crippen molar-refractivity contribution >= 4 is 27.0 Å². The smallest absolute Gasteiger partial charge is 0.0893 e. The number of nitrogens with zero attached hydrogens (tertiary/aromatic N) is 1. The number of aromatic nitrogens is 2. The van der Waals surface area contributed by atoms with Crippen LogP contribution >= 0.6 is 15.9 Å². The Bertz CT molecular complexity index is 431. The van der Waals surface area contributed by atoms with Gasteiger partial charge in [-0.1, -0.05) is 13.8 Å². The van der Waals surface area contributed by atoms with E-state index in [1.54, 1.807) is 0 Å². The molecule has 13 heavy (non-hydrogen) atoms. The zero-order valence-corrected chi connectivity index (χ0v) is 9.22. The molecular formula is C10H11BrN2. The molecule has 0 saturated carbocycles. The molecule has 2 aromatic heterocycles. The first kappa shape index (κ1) is 8.75. The van der Waals surface area contributed by atoms with E-state index in [4.69, 9.17) is 0 Å². The van der Waals surface area contributed by atoms with Crippen LogP contribution in [0.2, 0.25) is 0 Å². The van der Waals surface area contributed by atoms with Crippen LogP contribution in [0.15, 0.2) is 22.8 Å². The van der Waals surface area contributed by atoms with E-state index in [0.29, 0.717) is 5.92 Å². The third-order valence-electron chi connectivity index (χ3n) is 2.08. The van der Waals surface area contributed by atoms with Gasteiger partial charge in [-0.25, -0.2) is 0 Å². The summed E-state index contributed by atoms with van der Waals surface area (Å²) in [5.41, 5.74) is 3.22. The van der Waals surface area contributed by atoms with Gasteiger partial charge in [0.25, 0.3) is 0 Å². The highest BCUT2D eigenvalue weighted by molar-refractivity contribution is 9.10. The average Bonchev–Trinajstić information content (AvgIpc) is 2.51. The summed E-state index contributed by atoms with van der Waals surface area (Å²) >= 11 is 3.52. The SMILES string of the molecule is CC(C)c1cc(Br)c2[nH]ccc2n1. The van der Waals surface area contributed by atoms with Crippen molar-refractivity contribution in [1.29, 1.82) is 0 Å². The molecule has 2 rings (SSSR count). The lowest BCUT2D eigenvalue weighted by Gasteiger charge is -2.05. The van der Waals surface area contributed by atoms with Gasteiger partial charge in [-0.2, -0.15) is 0 Å². The predicted octanol–water partition coefficient (Wildman–Crippen LogP) is 3.45. The Morgan fingerprint density at radius 2 is 2.23 bits per heavy atom. The fourth-order valence-electron chi connectivity index (χ4n) is 1.31. The van der Waals surface area contributed by atoms with Crippen molar-refractivity contribution in [2.45, 2.75) is 19.8 Å². The molecule has 68 valence electrons. The summed E-state index contributed by atoms with van der Waals surface area (Å²) in [5, 5.41) is 0. The van der Waals surface area contributed by atoms with Crippen LogP contribution in [-0.2, 0) is 0 Å². The average molecular weight is 239 g/mol. The Balaban J connectivity index is 2.70.